The molecule has 142 valence electrons. The predicted molar refractivity (Wildman–Crippen MR) is 104 cm³/mol. The Morgan fingerprint density at radius 1 is 0.857 bits per heavy atom. The van der Waals surface area contributed by atoms with Crippen molar-refractivity contribution in [3.05, 3.63) is 84.1 Å². The minimum absolute atomic E-state index is 0.0915. The van der Waals surface area contributed by atoms with Crippen LogP contribution in [0.1, 0.15) is 20.7 Å². The third kappa shape index (κ3) is 5.07. The van der Waals surface area contributed by atoms with E-state index in [0.717, 1.165) is 0 Å². The number of hydrogen-bond acceptors (Lipinski definition) is 5. The van der Waals surface area contributed by atoms with Crippen molar-refractivity contribution < 1.29 is 19.4 Å². The maximum atomic E-state index is 12.4. The van der Waals surface area contributed by atoms with Crippen molar-refractivity contribution in [2.45, 2.75) is 0 Å². The lowest BCUT2D eigenvalue weighted by atomic mass is 10.2. The number of aromatic hydroxyl groups is 1. The number of para-hydroxylation sites is 1. The first kappa shape index (κ1) is 18.9. The fourth-order valence-electron chi connectivity index (χ4n) is 2.41. The Hall–Kier alpha value is -3.87. The molecule has 3 N–H and O–H groups in total. The molecule has 2 aromatic carbocycles. The Morgan fingerprint density at radius 3 is 2.25 bits per heavy atom. The topological polar surface area (TPSA) is 101 Å². The molecule has 0 spiro atoms. The largest absolute Gasteiger partial charge is 0.508 e. The molecule has 3 rings (SSSR count). The number of pyridine rings is 1. The number of carbonyl (C=O) groups is 2. The van der Waals surface area contributed by atoms with Gasteiger partial charge in [-0.25, -0.2) is 4.98 Å². The van der Waals surface area contributed by atoms with Crippen LogP contribution in [-0.2, 0) is 0 Å². The van der Waals surface area contributed by atoms with Crippen LogP contribution in [0.2, 0.25) is 0 Å². The number of rotatable bonds is 7. The highest BCUT2D eigenvalue weighted by Gasteiger charge is 2.14. The highest BCUT2D eigenvalue weighted by Crippen LogP contribution is 2.22. The monoisotopic (exact) mass is 377 g/mol. The fraction of sp³-hybridized carbons (Fsp3) is 0.0952. The van der Waals surface area contributed by atoms with Gasteiger partial charge < -0.3 is 20.5 Å². The molecule has 1 heterocycles. The summed E-state index contributed by atoms with van der Waals surface area (Å²) < 4.78 is 5.68. The molecule has 0 radical (unpaired) electrons. The van der Waals surface area contributed by atoms with Crippen molar-refractivity contribution in [2.24, 2.45) is 0 Å². The van der Waals surface area contributed by atoms with Gasteiger partial charge in [0.05, 0.1) is 0 Å². The number of carbonyl (C=O) groups excluding carboxylic acids is 2. The van der Waals surface area contributed by atoms with E-state index in [1.807, 2.05) is 18.2 Å². The quantitative estimate of drug-likeness (QED) is 0.550. The van der Waals surface area contributed by atoms with E-state index in [0.29, 0.717) is 16.9 Å². The molecule has 2 amide bonds. The van der Waals surface area contributed by atoms with E-state index >= 15 is 0 Å². The molecular weight excluding hydrogens is 358 g/mol. The number of benzene rings is 2. The summed E-state index contributed by atoms with van der Waals surface area (Å²) in [6.07, 6.45) is 1.55. The van der Waals surface area contributed by atoms with Crippen LogP contribution < -0.4 is 15.4 Å². The van der Waals surface area contributed by atoms with Crippen molar-refractivity contribution in [1.82, 2.24) is 15.6 Å². The SMILES string of the molecule is O=C(NCCNC(=O)c1cccnc1Oc1ccccc1)c1ccc(O)cc1. The summed E-state index contributed by atoms with van der Waals surface area (Å²) in [5, 5.41) is 14.7. The summed E-state index contributed by atoms with van der Waals surface area (Å²) in [7, 11) is 0. The highest BCUT2D eigenvalue weighted by atomic mass is 16.5. The number of phenolic OH excluding ortho intramolecular Hbond substituents is 1. The summed E-state index contributed by atoms with van der Waals surface area (Å²) in [5.41, 5.74) is 0.728. The normalized spacial score (nSPS) is 10.1. The molecular formula is C21H19N3O4. The van der Waals surface area contributed by atoms with E-state index < -0.39 is 0 Å². The van der Waals surface area contributed by atoms with Crippen LogP contribution in [0.4, 0.5) is 0 Å². The number of aromatic nitrogens is 1. The Bertz CT molecular complexity index is 943. The van der Waals surface area contributed by atoms with Crippen molar-refractivity contribution in [3.63, 3.8) is 0 Å². The zero-order valence-electron chi connectivity index (χ0n) is 15.0. The molecule has 0 aliphatic carbocycles. The lowest BCUT2D eigenvalue weighted by Gasteiger charge is -2.11. The zero-order valence-corrected chi connectivity index (χ0v) is 15.0. The maximum absolute atomic E-state index is 12.4. The van der Waals surface area contributed by atoms with Gasteiger partial charge >= 0.3 is 0 Å². The summed E-state index contributed by atoms with van der Waals surface area (Å²) >= 11 is 0. The molecule has 0 saturated heterocycles. The molecule has 0 unspecified atom stereocenters. The second kappa shape index (κ2) is 9.18. The van der Waals surface area contributed by atoms with Crippen molar-refractivity contribution >= 4 is 11.8 Å². The van der Waals surface area contributed by atoms with Gasteiger partial charge in [0.25, 0.3) is 11.8 Å². The van der Waals surface area contributed by atoms with Crippen LogP contribution in [-0.4, -0.2) is 35.0 Å². The number of nitrogens with zero attached hydrogens (tertiary/aromatic N) is 1. The molecule has 0 saturated carbocycles. The molecule has 0 fully saturated rings. The Labute approximate surface area is 162 Å². The van der Waals surface area contributed by atoms with Crippen molar-refractivity contribution in [2.75, 3.05) is 13.1 Å². The second-order valence-corrected chi connectivity index (χ2v) is 5.83. The van der Waals surface area contributed by atoms with E-state index in [1.54, 1.807) is 30.5 Å². The van der Waals surface area contributed by atoms with Crippen molar-refractivity contribution in [1.29, 1.82) is 0 Å². The van der Waals surface area contributed by atoms with E-state index in [-0.39, 0.29) is 36.5 Å². The van der Waals surface area contributed by atoms with Gasteiger partial charge in [0.2, 0.25) is 5.88 Å². The number of hydrogen-bond donors (Lipinski definition) is 3. The molecule has 0 aliphatic heterocycles. The predicted octanol–water partition coefficient (Wildman–Crippen LogP) is 2.74. The molecule has 0 aliphatic rings. The van der Waals surface area contributed by atoms with Crippen LogP contribution in [0.5, 0.6) is 17.4 Å². The van der Waals surface area contributed by atoms with Gasteiger partial charge in [-0.2, -0.15) is 0 Å². The molecule has 3 aromatic rings. The molecule has 0 bridgehead atoms. The van der Waals surface area contributed by atoms with E-state index in [2.05, 4.69) is 15.6 Å². The first-order chi connectivity index (χ1) is 13.6. The maximum Gasteiger partial charge on any atom is 0.256 e. The van der Waals surface area contributed by atoms with Crippen molar-refractivity contribution in [3.8, 4) is 17.4 Å². The van der Waals surface area contributed by atoms with Crippen LogP contribution >= 0.6 is 0 Å². The summed E-state index contributed by atoms with van der Waals surface area (Å²) in [6, 6.07) is 18.3. The molecule has 7 heteroatoms. The third-order valence-electron chi connectivity index (χ3n) is 3.80. The average Bonchev–Trinajstić information content (AvgIpc) is 2.72. The van der Waals surface area contributed by atoms with Gasteiger partial charge in [-0.1, -0.05) is 18.2 Å². The Kier molecular flexibility index (Phi) is 6.20. The van der Waals surface area contributed by atoms with Gasteiger partial charge in [-0.05, 0) is 48.5 Å². The van der Waals surface area contributed by atoms with Gasteiger partial charge in [-0.3, -0.25) is 9.59 Å². The summed E-state index contributed by atoms with van der Waals surface area (Å²) in [6.45, 7) is 0.489. The zero-order chi connectivity index (χ0) is 19.8. The third-order valence-corrected chi connectivity index (χ3v) is 3.80. The van der Waals surface area contributed by atoms with Crippen LogP contribution in [0.3, 0.4) is 0 Å². The number of phenols is 1. The first-order valence-electron chi connectivity index (χ1n) is 8.67. The smallest absolute Gasteiger partial charge is 0.256 e. The second-order valence-electron chi connectivity index (χ2n) is 5.83. The average molecular weight is 377 g/mol. The van der Waals surface area contributed by atoms with Crippen LogP contribution in [0.25, 0.3) is 0 Å². The Morgan fingerprint density at radius 2 is 1.54 bits per heavy atom. The van der Waals surface area contributed by atoms with Gasteiger partial charge in [-0.15, -0.1) is 0 Å². The lowest BCUT2D eigenvalue weighted by molar-refractivity contribution is 0.0926. The molecule has 0 atom stereocenters. The number of amides is 2. The molecule has 1 aromatic heterocycles. The lowest BCUT2D eigenvalue weighted by Crippen LogP contribution is -2.34. The minimum atomic E-state index is -0.349. The summed E-state index contributed by atoms with van der Waals surface area (Å²) in [4.78, 5) is 28.6. The van der Waals surface area contributed by atoms with Gasteiger partial charge in [0.1, 0.15) is 17.1 Å². The minimum Gasteiger partial charge on any atom is -0.508 e. The van der Waals surface area contributed by atoms with Crippen LogP contribution in [0.15, 0.2) is 72.9 Å². The van der Waals surface area contributed by atoms with Crippen LogP contribution in [0, 0.1) is 0 Å². The van der Waals surface area contributed by atoms with E-state index in [1.165, 1.54) is 24.3 Å². The highest BCUT2D eigenvalue weighted by molar-refractivity contribution is 5.96. The van der Waals surface area contributed by atoms with Gasteiger partial charge in [0.15, 0.2) is 0 Å². The van der Waals surface area contributed by atoms with E-state index in [4.69, 9.17) is 4.74 Å². The standard InChI is InChI=1S/C21H19N3O4/c25-16-10-8-15(9-11-16)19(26)22-13-14-23-20(27)18-7-4-12-24-21(18)28-17-5-2-1-3-6-17/h1-12,25H,13-14H2,(H,22,26)(H,23,27). The first-order valence-corrected chi connectivity index (χ1v) is 8.67. The summed E-state index contributed by atoms with van der Waals surface area (Å²) in [5.74, 6) is 0.242. The van der Waals surface area contributed by atoms with Gasteiger partial charge in [0, 0.05) is 24.8 Å². The molecule has 7 nitrogen and oxygen atoms in total. The Balaban J connectivity index is 1.52. The fourth-order valence-corrected chi connectivity index (χ4v) is 2.41. The van der Waals surface area contributed by atoms with E-state index in [9.17, 15) is 14.7 Å². The number of nitrogens with one attached hydrogen (secondary N) is 2. The number of ether oxygens (including phenoxy) is 1. The molecule has 28 heavy (non-hydrogen) atoms.